The van der Waals surface area contributed by atoms with Crippen LogP contribution in [0.1, 0.15) is 18.4 Å². The van der Waals surface area contributed by atoms with Crippen LogP contribution in [-0.4, -0.2) is 61.2 Å². The molecule has 2 unspecified atom stereocenters. The van der Waals surface area contributed by atoms with Crippen LogP contribution < -0.4 is 0 Å². The minimum absolute atomic E-state index is 0.0131. The summed E-state index contributed by atoms with van der Waals surface area (Å²) in [5, 5.41) is 0.596. The summed E-state index contributed by atoms with van der Waals surface area (Å²) in [5.41, 5.74) is 0.848. The summed E-state index contributed by atoms with van der Waals surface area (Å²) in [6.07, 6.45) is 0.627. The van der Waals surface area contributed by atoms with Crippen LogP contribution in [0.4, 0.5) is 0 Å². The molecular weight excluding hydrogens is 364 g/mol. The van der Waals surface area contributed by atoms with E-state index in [2.05, 4.69) is 0 Å². The summed E-state index contributed by atoms with van der Waals surface area (Å²) in [6.45, 7) is 0.719. The van der Waals surface area contributed by atoms with Crippen molar-refractivity contribution in [2.24, 2.45) is 5.92 Å². The molecule has 0 spiro atoms. The number of halogens is 1. The van der Waals surface area contributed by atoms with Gasteiger partial charge in [-0.25, -0.2) is 8.42 Å². The molecule has 0 radical (unpaired) electrons. The van der Waals surface area contributed by atoms with E-state index in [1.54, 1.807) is 18.0 Å². The van der Waals surface area contributed by atoms with Gasteiger partial charge in [0.15, 0.2) is 9.84 Å². The molecule has 2 amide bonds. The number of carbonyl (C=O) groups excluding carboxylic acids is 2. The zero-order chi connectivity index (χ0) is 18.2. The molecule has 2 saturated heterocycles. The van der Waals surface area contributed by atoms with Gasteiger partial charge in [0.1, 0.15) is 0 Å². The smallest absolute Gasteiger partial charge is 0.228 e. The standard InChI is InChI=1S/C17H21ClN2O4S/c1-19(14-6-7-25(23,24)11-14)17(22)13-8-16(21)20(10-13)9-12-4-2-3-5-15(12)18/h2-5,13-14H,6-11H2,1H3. The first-order valence-electron chi connectivity index (χ1n) is 8.25. The molecule has 0 N–H and O–H groups in total. The van der Waals surface area contributed by atoms with E-state index in [0.29, 0.717) is 24.5 Å². The predicted octanol–water partition coefficient (Wildman–Crippen LogP) is 1.33. The number of benzene rings is 1. The first-order valence-corrected chi connectivity index (χ1v) is 10.4. The molecule has 3 rings (SSSR count). The second-order valence-electron chi connectivity index (χ2n) is 6.77. The van der Waals surface area contributed by atoms with Gasteiger partial charge in [0, 0.05) is 37.6 Å². The van der Waals surface area contributed by atoms with Crippen molar-refractivity contribution >= 4 is 33.3 Å². The van der Waals surface area contributed by atoms with Crippen LogP contribution in [-0.2, 0) is 26.0 Å². The predicted molar refractivity (Wildman–Crippen MR) is 94.8 cm³/mol. The van der Waals surface area contributed by atoms with Crippen LogP contribution in [0.3, 0.4) is 0 Å². The van der Waals surface area contributed by atoms with Crippen molar-refractivity contribution in [1.82, 2.24) is 9.80 Å². The van der Waals surface area contributed by atoms with Gasteiger partial charge in [-0.2, -0.15) is 0 Å². The van der Waals surface area contributed by atoms with Crippen LogP contribution >= 0.6 is 11.6 Å². The molecule has 1 aromatic carbocycles. The molecular formula is C17H21ClN2O4S. The van der Waals surface area contributed by atoms with Gasteiger partial charge in [0.2, 0.25) is 11.8 Å². The van der Waals surface area contributed by atoms with E-state index in [0.717, 1.165) is 5.56 Å². The molecule has 2 aliphatic heterocycles. The van der Waals surface area contributed by atoms with Crippen molar-refractivity contribution in [2.75, 3.05) is 25.1 Å². The van der Waals surface area contributed by atoms with E-state index in [1.165, 1.54) is 4.90 Å². The maximum Gasteiger partial charge on any atom is 0.228 e. The lowest BCUT2D eigenvalue weighted by atomic mass is 10.1. The molecule has 2 aliphatic rings. The maximum absolute atomic E-state index is 12.7. The lowest BCUT2D eigenvalue weighted by Crippen LogP contribution is -2.42. The summed E-state index contributed by atoms with van der Waals surface area (Å²) in [4.78, 5) is 28.1. The quantitative estimate of drug-likeness (QED) is 0.785. The summed E-state index contributed by atoms with van der Waals surface area (Å²) < 4.78 is 23.2. The fourth-order valence-electron chi connectivity index (χ4n) is 3.47. The molecule has 6 nitrogen and oxygen atoms in total. The van der Waals surface area contributed by atoms with E-state index in [-0.39, 0.29) is 35.8 Å². The third kappa shape index (κ3) is 3.98. The molecule has 2 fully saturated rings. The summed E-state index contributed by atoms with van der Waals surface area (Å²) >= 11 is 6.14. The van der Waals surface area contributed by atoms with Crippen molar-refractivity contribution < 1.29 is 18.0 Å². The van der Waals surface area contributed by atoms with Gasteiger partial charge in [-0.1, -0.05) is 29.8 Å². The Morgan fingerprint density at radius 3 is 2.72 bits per heavy atom. The van der Waals surface area contributed by atoms with E-state index < -0.39 is 15.8 Å². The van der Waals surface area contributed by atoms with Crippen molar-refractivity contribution in [3.05, 3.63) is 34.9 Å². The van der Waals surface area contributed by atoms with Gasteiger partial charge in [0.25, 0.3) is 0 Å². The summed E-state index contributed by atoms with van der Waals surface area (Å²) in [7, 11) is -1.42. The molecule has 0 saturated carbocycles. The largest absolute Gasteiger partial charge is 0.341 e. The van der Waals surface area contributed by atoms with Crippen molar-refractivity contribution in [2.45, 2.75) is 25.4 Å². The highest BCUT2D eigenvalue weighted by Crippen LogP contribution is 2.26. The highest BCUT2D eigenvalue weighted by Gasteiger charge is 2.39. The first kappa shape index (κ1) is 18.2. The normalized spacial score (nSPS) is 25.4. The number of carbonyl (C=O) groups is 2. The molecule has 0 aromatic heterocycles. The van der Waals surface area contributed by atoms with Crippen LogP contribution in [0.5, 0.6) is 0 Å². The Bertz CT molecular complexity index is 796. The molecule has 25 heavy (non-hydrogen) atoms. The third-order valence-electron chi connectivity index (χ3n) is 4.99. The summed E-state index contributed by atoms with van der Waals surface area (Å²) in [5.74, 6) is -0.525. The second-order valence-corrected chi connectivity index (χ2v) is 9.41. The first-order chi connectivity index (χ1) is 11.8. The van der Waals surface area contributed by atoms with Crippen molar-refractivity contribution in [3.63, 3.8) is 0 Å². The van der Waals surface area contributed by atoms with E-state index in [9.17, 15) is 18.0 Å². The molecule has 1 aromatic rings. The minimum atomic E-state index is -3.05. The number of nitrogens with zero attached hydrogens (tertiary/aromatic N) is 2. The number of hydrogen-bond acceptors (Lipinski definition) is 4. The molecule has 136 valence electrons. The molecule has 8 heteroatoms. The lowest BCUT2D eigenvalue weighted by molar-refractivity contribution is -0.136. The zero-order valence-corrected chi connectivity index (χ0v) is 15.6. The van der Waals surface area contributed by atoms with Gasteiger partial charge in [-0.15, -0.1) is 0 Å². The molecule has 2 atom stereocenters. The number of rotatable bonds is 4. The zero-order valence-electron chi connectivity index (χ0n) is 14.0. The second kappa shape index (κ2) is 6.96. The van der Waals surface area contributed by atoms with Crippen molar-refractivity contribution in [1.29, 1.82) is 0 Å². The average molecular weight is 385 g/mol. The van der Waals surface area contributed by atoms with Gasteiger partial charge in [-0.05, 0) is 18.1 Å². The van der Waals surface area contributed by atoms with Crippen molar-refractivity contribution in [3.8, 4) is 0 Å². The van der Waals surface area contributed by atoms with Gasteiger partial charge in [-0.3, -0.25) is 9.59 Å². The highest BCUT2D eigenvalue weighted by atomic mass is 35.5. The molecule has 0 aliphatic carbocycles. The molecule has 0 bridgehead atoms. The number of sulfone groups is 1. The Balaban J connectivity index is 1.64. The molecule has 2 heterocycles. The van der Waals surface area contributed by atoms with Crippen LogP contribution in [0, 0.1) is 5.92 Å². The summed E-state index contributed by atoms with van der Waals surface area (Å²) in [6, 6.07) is 7.03. The number of amides is 2. The lowest BCUT2D eigenvalue weighted by Gasteiger charge is -2.26. The Hall–Kier alpha value is -1.60. The third-order valence-corrected chi connectivity index (χ3v) is 7.11. The SMILES string of the molecule is CN(C(=O)C1CC(=O)N(Cc2ccccc2Cl)C1)C1CCS(=O)(=O)C1. The monoisotopic (exact) mass is 384 g/mol. The van der Waals surface area contributed by atoms with Gasteiger partial charge < -0.3 is 9.80 Å². The Kier molecular flexibility index (Phi) is 5.06. The van der Waals surface area contributed by atoms with Crippen LogP contribution in [0.2, 0.25) is 5.02 Å². The Morgan fingerprint density at radius 1 is 1.36 bits per heavy atom. The minimum Gasteiger partial charge on any atom is -0.341 e. The highest BCUT2D eigenvalue weighted by molar-refractivity contribution is 7.91. The van der Waals surface area contributed by atoms with Gasteiger partial charge in [0.05, 0.1) is 17.4 Å². The van der Waals surface area contributed by atoms with Crippen LogP contribution in [0.25, 0.3) is 0 Å². The maximum atomic E-state index is 12.7. The van der Waals surface area contributed by atoms with Crippen LogP contribution in [0.15, 0.2) is 24.3 Å². The number of likely N-dealkylation sites (tertiary alicyclic amines) is 1. The van der Waals surface area contributed by atoms with Gasteiger partial charge >= 0.3 is 0 Å². The topological polar surface area (TPSA) is 74.8 Å². The average Bonchev–Trinajstić information content (AvgIpc) is 3.11. The fraction of sp³-hybridized carbons (Fsp3) is 0.529. The fourth-order valence-corrected chi connectivity index (χ4v) is 5.44. The Morgan fingerprint density at radius 2 is 2.08 bits per heavy atom. The number of hydrogen-bond donors (Lipinski definition) is 0. The Labute approximate surface area is 152 Å². The van der Waals surface area contributed by atoms with E-state index in [4.69, 9.17) is 11.6 Å². The van der Waals surface area contributed by atoms with E-state index >= 15 is 0 Å². The van der Waals surface area contributed by atoms with E-state index in [1.807, 2.05) is 18.2 Å².